The average Bonchev–Trinajstić information content (AvgIpc) is 2.97. The van der Waals surface area contributed by atoms with Gasteiger partial charge in [0.2, 0.25) is 0 Å². The highest BCUT2D eigenvalue weighted by molar-refractivity contribution is 6.04. The number of hydrogen-bond donors (Lipinski definition) is 2. The van der Waals surface area contributed by atoms with Gasteiger partial charge in [-0.25, -0.2) is 4.68 Å². The van der Waals surface area contributed by atoms with Crippen LogP contribution in [-0.4, -0.2) is 20.8 Å². The van der Waals surface area contributed by atoms with E-state index in [4.69, 9.17) is 0 Å². The molecule has 8 heteroatoms. The minimum Gasteiger partial charge on any atom is -0.504 e. The van der Waals surface area contributed by atoms with Crippen LogP contribution in [0.5, 0.6) is 5.75 Å². The van der Waals surface area contributed by atoms with E-state index in [1.165, 1.54) is 10.9 Å². The van der Waals surface area contributed by atoms with E-state index >= 15 is 0 Å². The van der Waals surface area contributed by atoms with Crippen molar-refractivity contribution in [1.29, 1.82) is 0 Å². The van der Waals surface area contributed by atoms with Gasteiger partial charge in [0.05, 0.1) is 17.4 Å². The Morgan fingerprint density at radius 3 is 2.28 bits per heavy atom. The van der Waals surface area contributed by atoms with E-state index < -0.39 is 17.6 Å². The second kappa shape index (κ2) is 6.31. The Morgan fingerprint density at radius 1 is 1.04 bits per heavy atom. The second-order valence-corrected chi connectivity index (χ2v) is 5.17. The summed E-state index contributed by atoms with van der Waals surface area (Å²) in [6, 6.07) is 12.8. The van der Waals surface area contributed by atoms with Crippen molar-refractivity contribution in [3.63, 3.8) is 0 Å². The maximum atomic E-state index is 12.5. The smallest absolute Gasteiger partial charge is 0.416 e. The molecule has 0 radical (unpaired) electrons. The van der Waals surface area contributed by atoms with Gasteiger partial charge in [0.1, 0.15) is 0 Å². The van der Waals surface area contributed by atoms with Gasteiger partial charge in [-0.15, -0.1) is 0 Å². The molecule has 2 aromatic carbocycles. The molecule has 3 rings (SSSR count). The highest BCUT2D eigenvalue weighted by Gasteiger charge is 2.30. The molecule has 0 saturated carbocycles. The molecular weight excluding hydrogens is 335 g/mol. The molecule has 0 unspecified atom stereocenters. The molecule has 128 valence electrons. The molecule has 1 heterocycles. The first-order chi connectivity index (χ1) is 11.8. The molecule has 0 saturated heterocycles. The normalized spacial score (nSPS) is 11.3. The Bertz CT molecular complexity index is 888. The lowest BCUT2D eigenvalue weighted by Crippen LogP contribution is -2.14. The number of halogens is 3. The molecule has 0 bridgehead atoms. The van der Waals surface area contributed by atoms with Crippen molar-refractivity contribution in [1.82, 2.24) is 9.78 Å². The molecule has 0 aliphatic rings. The summed E-state index contributed by atoms with van der Waals surface area (Å²) in [4.78, 5) is 12.2. The first-order valence-corrected chi connectivity index (χ1v) is 7.17. The van der Waals surface area contributed by atoms with Crippen LogP contribution in [0.15, 0.2) is 60.8 Å². The molecule has 0 aliphatic heterocycles. The van der Waals surface area contributed by atoms with Gasteiger partial charge in [-0.3, -0.25) is 4.79 Å². The summed E-state index contributed by atoms with van der Waals surface area (Å²) in [5.41, 5.74) is -0.247. The van der Waals surface area contributed by atoms with Crippen molar-refractivity contribution in [2.45, 2.75) is 6.18 Å². The van der Waals surface area contributed by atoms with Crippen LogP contribution < -0.4 is 5.32 Å². The third kappa shape index (κ3) is 3.63. The minimum atomic E-state index is -4.45. The van der Waals surface area contributed by atoms with Gasteiger partial charge in [-0.2, -0.15) is 18.3 Å². The van der Waals surface area contributed by atoms with Gasteiger partial charge in [-0.05, 0) is 36.4 Å². The zero-order valence-corrected chi connectivity index (χ0v) is 12.7. The Hall–Kier alpha value is -3.29. The van der Waals surface area contributed by atoms with E-state index in [1.54, 1.807) is 24.3 Å². The number of aromatic nitrogens is 2. The summed E-state index contributed by atoms with van der Waals surface area (Å²) >= 11 is 0. The van der Waals surface area contributed by atoms with Gasteiger partial charge < -0.3 is 10.4 Å². The standard InChI is InChI=1S/C17H12F3N3O2/c18-17(19,20)11-6-8-12(9-7-11)21-16(25)15-14(24)10-23(22-15)13-4-2-1-3-5-13/h1-10,24H,(H,21,25). The average molecular weight is 347 g/mol. The molecule has 25 heavy (non-hydrogen) atoms. The summed E-state index contributed by atoms with van der Waals surface area (Å²) in [7, 11) is 0. The maximum absolute atomic E-state index is 12.5. The fourth-order valence-corrected chi connectivity index (χ4v) is 2.17. The maximum Gasteiger partial charge on any atom is 0.416 e. The number of carbonyl (C=O) groups is 1. The van der Waals surface area contributed by atoms with Crippen LogP contribution in [0.1, 0.15) is 16.1 Å². The Balaban J connectivity index is 1.79. The largest absolute Gasteiger partial charge is 0.504 e. The zero-order chi connectivity index (χ0) is 18.0. The highest BCUT2D eigenvalue weighted by Crippen LogP contribution is 2.30. The van der Waals surface area contributed by atoms with E-state index in [-0.39, 0.29) is 17.1 Å². The van der Waals surface area contributed by atoms with Crippen LogP contribution in [0.25, 0.3) is 5.69 Å². The number of nitrogens with one attached hydrogen (secondary N) is 1. The summed E-state index contributed by atoms with van der Waals surface area (Å²) in [6.07, 6.45) is -3.17. The van der Waals surface area contributed by atoms with Crippen LogP contribution in [0, 0.1) is 0 Å². The predicted molar refractivity (Wildman–Crippen MR) is 84.6 cm³/mol. The minimum absolute atomic E-state index is 0.159. The number of amides is 1. The van der Waals surface area contributed by atoms with Gasteiger partial charge in [-0.1, -0.05) is 18.2 Å². The summed E-state index contributed by atoms with van der Waals surface area (Å²) < 4.78 is 38.9. The van der Waals surface area contributed by atoms with Crippen LogP contribution >= 0.6 is 0 Å². The van der Waals surface area contributed by atoms with Gasteiger partial charge in [0, 0.05) is 5.69 Å². The molecule has 1 amide bonds. The number of anilines is 1. The molecule has 5 nitrogen and oxygen atoms in total. The lowest BCUT2D eigenvalue weighted by Gasteiger charge is -2.08. The third-order valence-corrected chi connectivity index (χ3v) is 3.40. The van der Waals surface area contributed by atoms with Crippen molar-refractivity contribution in [3.8, 4) is 11.4 Å². The lowest BCUT2D eigenvalue weighted by molar-refractivity contribution is -0.137. The number of aromatic hydroxyl groups is 1. The van der Waals surface area contributed by atoms with Crippen molar-refractivity contribution in [2.75, 3.05) is 5.32 Å². The van der Waals surface area contributed by atoms with Gasteiger partial charge >= 0.3 is 6.18 Å². The fraction of sp³-hybridized carbons (Fsp3) is 0.0588. The van der Waals surface area contributed by atoms with Gasteiger partial charge in [0.15, 0.2) is 11.4 Å². The fourth-order valence-electron chi connectivity index (χ4n) is 2.17. The molecular formula is C17H12F3N3O2. The lowest BCUT2D eigenvalue weighted by atomic mass is 10.2. The summed E-state index contributed by atoms with van der Waals surface area (Å²) in [5.74, 6) is -1.07. The summed E-state index contributed by atoms with van der Waals surface area (Å²) in [5, 5.41) is 16.3. The van der Waals surface area contributed by atoms with Crippen LogP contribution in [0.4, 0.5) is 18.9 Å². The first-order valence-electron chi connectivity index (χ1n) is 7.17. The van der Waals surface area contributed by atoms with Crippen molar-refractivity contribution >= 4 is 11.6 Å². The number of para-hydroxylation sites is 1. The van der Waals surface area contributed by atoms with Crippen LogP contribution in [0.2, 0.25) is 0 Å². The number of rotatable bonds is 3. The van der Waals surface area contributed by atoms with E-state index in [0.29, 0.717) is 5.69 Å². The molecule has 2 N–H and O–H groups in total. The number of benzene rings is 2. The van der Waals surface area contributed by atoms with Crippen LogP contribution in [-0.2, 0) is 6.18 Å². The number of carbonyl (C=O) groups excluding carboxylic acids is 1. The highest BCUT2D eigenvalue weighted by atomic mass is 19.4. The molecule has 0 aliphatic carbocycles. The topological polar surface area (TPSA) is 67.2 Å². The number of nitrogens with zero attached hydrogens (tertiary/aromatic N) is 2. The van der Waals surface area contributed by atoms with Crippen LogP contribution in [0.3, 0.4) is 0 Å². The first kappa shape index (κ1) is 16.6. The Labute approximate surface area is 140 Å². The van der Waals surface area contributed by atoms with E-state index in [2.05, 4.69) is 10.4 Å². The Morgan fingerprint density at radius 2 is 1.68 bits per heavy atom. The second-order valence-electron chi connectivity index (χ2n) is 5.17. The monoisotopic (exact) mass is 347 g/mol. The Kier molecular flexibility index (Phi) is 4.18. The predicted octanol–water partition coefficient (Wildman–Crippen LogP) is 3.85. The number of alkyl halides is 3. The van der Waals surface area contributed by atoms with Crippen molar-refractivity contribution in [3.05, 3.63) is 72.1 Å². The number of hydrogen-bond acceptors (Lipinski definition) is 3. The van der Waals surface area contributed by atoms with Gasteiger partial charge in [0.25, 0.3) is 5.91 Å². The third-order valence-electron chi connectivity index (χ3n) is 3.40. The SMILES string of the molecule is O=C(Nc1ccc(C(F)(F)F)cc1)c1nn(-c2ccccc2)cc1O. The molecule has 3 aromatic rings. The van der Waals surface area contributed by atoms with E-state index in [9.17, 15) is 23.1 Å². The van der Waals surface area contributed by atoms with Crippen molar-refractivity contribution < 1.29 is 23.1 Å². The van der Waals surface area contributed by atoms with Crippen molar-refractivity contribution in [2.24, 2.45) is 0 Å². The van der Waals surface area contributed by atoms with E-state index in [1.807, 2.05) is 6.07 Å². The molecule has 0 fully saturated rings. The molecule has 1 aromatic heterocycles. The zero-order valence-electron chi connectivity index (χ0n) is 12.7. The summed E-state index contributed by atoms with van der Waals surface area (Å²) in [6.45, 7) is 0. The molecule has 0 atom stereocenters. The quantitative estimate of drug-likeness (QED) is 0.756. The molecule has 0 spiro atoms. The van der Waals surface area contributed by atoms with E-state index in [0.717, 1.165) is 24.3 Å².